The molecular formula is C14H17N2O3+. The van der Waals surface area contributed by atoms with Crippen molar-refractivity contribution in [3.63, 3.8) is 0 Å². The number of ketones is 1. The molecule has 0 saturated heterocycles. The molecule has 0 aliphatic carbocycles. The van der Waals surface area contributed by atoms with E-state index in [4.69, 9.17) is 9.84 Å². The number of aliphatic hydroxyl groups is 1. The van der Waals surface area contributed by atoms with Crippen molar-refractivity contribution in [1.29, 1.82) is 0 Å². The van der Waals surface area contributed by atoms with Crippen molar-refractivity contribution in [2.24, 2.45) is 0 Å². The topological polar surface area (TPSA) is 66.2 Å². The molecular weight excluding hydrogens is 244 g/mol. The molecule has 0 unspecified atom stereocenters. The first-order chi connectivity index (χ1) is 9.20. The first-order valence-electron chi connectivity index (χ1n) is 6.11. The van der Waals surface area contributed by atoms with E-state index in [0.29, 0.717) is 24.6 Å². The van der Waals surface area contributed by atoms with E-state index >= 15 is 0 Å². The van der Waals surface area contributed by atoms with E-state index in [1.807, 2.05) is 30.3 Å². The number of rotatable bonds is 6. The number of nitrogens with one attached hydrogen (secondary N) is 1. The summed E-state index contributed by atoms with van der Waals surface area (Å²) in [6, 6.07) is 9.72. The third-order valence-electron chi connectivity index (χ3n) is 2.72. The maximum atomic E-state index is 11.5. The second-order valence-electron chi connectivity index (χ2n) is 4.23. The van der Waals surface area contributed by atoms with E-state index in [0.717, 1.165) is 5.56 Å². The Morgan fingerprint density at radius 1 is 1.37 bits per heavy atom. The van der Waals surface area contributed by atoms with Crippen LogP contribution in [0.5, 0.6) is 5.88 Å². The lowest BCUT2D eigenvalue weighted by molar-refractivity contribution is -0.751. The van der Waals surface area contributed by atoms with Gasteiger partial charge in [0.05, 0.1) is 0 Å². The molecule has 1 aromatic heterocycles. The Balaban J connectivity index is 2.12. The Hall–Kier alpha value is -2.14. The molecule has 5 nitrogen and oxygen atoms in total. The van der Waals surface area contributed by atoms with E-state index in [1.54, 1.807) is 10.9 Å². The minimum atomic E-state index is -0.0731. The molecule has 0 saturated carbocycles. The van der Waals surface area contributed by atoms with E-state index in [-0.39, 0.29) is 12.4 Å². The van der Waals surface area contributed by atoms with Gasteiger partial charge >= 0.3 is 0 Å². The Bertz CT molecular complexity index is 549. The van der Waals surface area contributed by atoms with E-state index in [9.17, 15) is 4.79 Å². The van der Waals surface area contributed by atoms with Crippen molar-refractivity contribution >= 4 is 5.78 Å². The van der Waals surface area contributed by atoms with Gasteiger partial charge in [0.1, 0.15) is 18.8 Å². The fraction of sp³-hybridized carbons (Fsp3) is 0.286. The lowest BCUT2D eigenvalue weighted by atomic mass is 10.2. The second kappa shape index (κ2) is 6.15. The van der Waals surface area contributed by atoms with E-state index in [1.165, 1.54) is 6.92 Å². The van der Waals surface area contributed by atoms with Crippen molar-refractivity contribution in [3.05, 3.63) is 47.7 Å². The number of benzene rings is 1. The third-order valence-corrected chi connectivity index (χ3v) is 2.72. The van der Waals surface area contributed by atoms with Crippen LogP contribution >= 0.6 is 0 Å². The smallest absolute Gasteiger partial charge is 0.260 e. The van der Waals surface area contributed by atoms with Crippen molar-refractivity contribution in [3.8, 4) is 5.88 Å². The maximum absolute atomic E-state index is 11.5. The Labute approximate surface area is 111 Å². The number of aliphatic hydroxyl groups excluding tert-OH is 1. The van der Waals surface area contributed by atoms with Gasteiger partial charge in [0.15, 0.2) is 12.3 Å². The molecule has 2 N–H and O–H groups in total. The monoisotopic (exact) mass is 261 g/mol. The quantitative estimate of drug-likeness (QED) is 0.604. The van der Waals surface area contributed by atoms with Crippen LogP contribution in [0.1, 0.15) is 22.8 Å². The lowest BCUT2D eigenvalue weighted by Crippen LogP contribution is -2.36. The first-order valence-corrected chi connectivity index (χ1v) is 6.11. The lowest BCUT2D eigenvalue weighted by Gasteiger charge is -2.03. The summed E-state index contributed by atoms with van der Waals surface area (Å²) in [6.45, 7) is 2.28. The average molecular weight is 261 g/mol. The van der Waals surface area contributed by atoms with Gasteiger partial charge in [-0.05, 0) is 12.5 Å². The Kier molecular flexibility index (Phi) is 4.30. The zero-order chi connectivity index (χ0) is 13.7. The zero-order valence-electron chi connectivity index (χ0n) is 10.8. The van der Waals surface area contributed by atoms with Crippen LogP contribution in [0.3, 0.4) is 0 Å². The zero-order valence-corrected chi connectivity index (χ0v) is 10.8. The molecule has 0 atom stereocenters. The van der Waals surface area contributed by atoms with Crippen molar-refractivity contribution < 1.29 is 19.3 Å². The van der Waals surface area contributed by atoms with Gasteiger partial charge in [-0.15, -0.1) is 9.78 Å². The van der Waals surface area contributed by atoms with Gasteiger partial charge in [-0.1, -0.05) is 30.3 Å². The summed E-state index contributed by atoms with van der Waals surface area (Å²) in [6.07, 6.45) is 1.65. The van der Waals surface area contributed by atoms with Crippen LogP contribution in [0.15, 0.2) is 36.5 Å². The fourth-order valence-electron chi connectivity index (χ4n) is 1.76. The minimum absolute atomic E-state index is 0.000645. The summed E-state index contributed by atoms with van der Waals surface area (Å²) in [7, 11) is 0. The van der Waals surface area contributed by atoms with Crippen LogP contribution in [0.25, 0.3) is 0 Å². The number of ether oxygens (including phenoxy) is 1. The fourth-order valence-corrected chi connectivity index (χ4v) is 1.76. The SMILES string of the molecule is CC(=O)c1c[n+](CCO)[nH]c1OCc1ccccc1. The molecule has 0 radical (unpaired) electrons. The molecule has 1 aromatic carbocycles. The summed E-state index contributed by atoms with van der Waals surface area (Å²) >= 11 is 0. The maximum Gasteiger partial charge on any atom is 0.260 e. The molecule has 0 aliphatic rings. The van der Waals surface area contributed by atoms with Crippen LogP contribution in [-0.2, 0) is 13.2 Å². The number of H-pyrrole nitrogens is 1. The van der Waals surface area contributed by atoms with Crippen LogP contribution in [-0.4, -0.2) is 22.6 Å². The van der Waals surface area contributed by atoms with E-state index < -0.39 is 0 Å². The van der Waals surface area contributed by atoms with Crippen LogP contribution in [0, 0.1) is 0 Å². The van der Waals surface area contributed by atoms with Crippen molar-refractivity contribution in [1.82, 2.24) is 5.10 Å². The summed E-state index contributed by atoms with van der Waals surface area (Å²) < 4.78 is 7.27. The van der Waals surface area contributed by atoms with Gasteiger partial charge < -0.3 is 9.84 Å². The molecule has 0 fully saturated rings. The predicted octanol–water partition coefficient (Wildman–Crippen LogP) is 1.08. The van der Waals surface area contributed by atoms with E-state index in [2.05, 4.69) is 5.10 Å². The van der Waals surface area contributed by atoms with Gasteiger partial charge in [-0.2, -0.15) is 0 Å². The average Bonchev–Trinajstić information content (AvgIpc) is 2.81. The molecule has 5 heteroatoms. The first kappa shape index (κ1) is 13.3. The molecule has 0 bridgehead atoms. The summed E-state index contributed by atoms with van der Waals surface area (Å²) in [5.74, 6) is 0.362. The summed E-state index contributed by atoms with van der Waals surface area (Å²) in [5, 5.41) is 11.8. The highest BCUT2D eigenvalue weighted by molar-refractivity contribution is 5.95. The van der Waals surface area contributed by atoms with Gasteiger partial charge in [-0.3, -0.25) is 4.79 Å². The van der Waals surface area contributed by atoms with Crippen LogP contribution in [0.2, 0.25) is 0 Å². The number of carbonyl (C=O) groups is 1. The largest absolute Gasteiger partial charge is 0.470 e. The summed E-state index contributed by atoms with van der Waals surface area (Å²) in [4.78, 5) is 11.5. The number of aromatic nitrogens is 2. The Morgan fingerprint density at radius 3 is 2.74 bits per heavy atom. The molecule has 1 heterocycles. The molecule has 0 amide bonds. The van der Waals surface area contributed by atoms with Crippen molar-refractivity contribution in [2.45, 2.75) is 20.1 Å². The number of Topliss-reactive ketones (excluding diaryl/α,β-unsaturated/α-hetero) is 1. The van der Waals surface area contributed by atoms with Crippen molar-refractivity contribution in [2.75, 3.05) is 6.61 Å². The number of hydrogen-bond donors (Lipinski definition) is 2. The van der Waals surface area contributed by atoms with Gasteiger partial charge in [0, 0.05) is 0 Å². The summed E-state index contributed by atoms with van der Waals surface area (Å²) in [5.41, 5.74) is 1.52. The van der Waals surface area contributed by atoms with Crippen LogP contribution in [0.4, 0.5) is 0 Å². The second-order valence-corrected chi connectivity index (χ2v) is 4.23. The van der Waals surface area contributed by atoms with Crippen LogP contribution < -0.4 is 9.42 Å². The molecule has 0 spiro atoms. The Morgan fingerprint density at radius 2 is 2.11 bits per heavy atom. The standard InChI is InChI=1S/C14H16N2O3/c1-11(18)13-9-16(7-8-17)15-14(13)19-10-12-5-3-2-4-6-12/h2-6,9,17H,7-8,10H2,1H3/p+1. The number of aromatic amines is 1. The molecule has 100 valence electrons. The number of nitrogens with zero attached hydrogens (tertiary/aromatic N) is 1. The minimum Gasteiger partial charge on any atom is -0.470 e. The number of hydrogen-bond acceptors (Lipinski definition) is 3. The molecule has 19 heavy (non-hydrogen) atoms. The molecule has 2 rings (SSSR count). The normalized spacial score (nSPS) is 10.4. The predicted molar refractivity (Wildman–Crippen MR) is 68.9 cm³/mol. The third kappa shape index (κ3) is 3.42. The van der Waals surface area contributed by atoms with Gasteiger partial charge in [0.25, 0.3) is 5.88 Å². The highest BCUT2D eigenvalue weighted by Crippen LogP contribution is 2.15. The molecule has 2 aromatic rings. The van der Waals surface area contributed by atoms with Gasteiger partial charge in [-0.25, -0.2) is 0 Å². The number of carbonyl (C=O) groups excluding carboxylic acids is 1. The van der Waals surface area contributed by atoms with Gasteiger partial charge in [0.2, 0.25) is 6.20 Å². The molecule has 0 aliphatic heterocycles. The highest BCUT2D eigenvalue weighted by atomic mass is 16.5. The highest BCUT2D eigenvalue weighted by Gasteiger charge is 2.19.